The van der Waals surface area contributed by atoms with Crippen LogP contribution in [0.25, 0.3) is 0 Å². The van der Waals surface area contributed by atoms with Crippen molar-refractivity contribution in [2.24, 2.45) is 4.99 Å². The van der Waals surface area contributed by atoms with Crippen LogP contribution in [0.1, 0.15) is 58.6 Å². The monoisotopic (exact) mass is 550 g/mol. The lowest BCUT2D eigenvalue weighted by atomic mass is 9.90. The number of rotatable bonds is 7. The maximum Gasteiger partial charge on any atom is 0.337 e. The van der Waals surface area contributed by atoms with Gasteiger partial charge in [0.15, 0.2) is 0 Å². The predicted octanol–water partition coefficient (Wildman–Crippen LogP) is 5.10. The number of anilines is 2. The normalized spacial score (nSPS) is 18.6. The molecule has 41 heavy (non-hydrogen) atoms. The molecular formula is C33H34N4O4. The molecule has 0 bridgehead atoms. The van der Waals surface area contributed by atoms with Crippen LogP contribution in [0.3, 0.4) is 0 Å². The number of amides is 2. The number of nitrogens with one attached hydrogen (secondary N) is 1. The fraction of sp³-hybridized carbons (Fsp3) is 0.333. The van der Waals surface area contributed by atoms with Crippen molar-refractivity contribution in [3.63, 3.8) is 0 Å². The third kappa shape index (κ3) is 5.52. The zero-order chi connectivity index (χ0) is 28.3. The minimum absolute atomic E-state index is 0.168. The number of hydrogen-bond donors (Lipinski definition) is 1. The summed E-state index contributed by atoms with van der Waals surface area (Å²) in [6, 6.07) is 20.7. The summed E-state index contributed by atoms with van der Waals surface area (Å²) in [5.41, 5.74) is 5.96. The maximum absolute atomic E-state index is 13.3. The Kier molecular flexibility index (Phi) is 7.65. The molecule has 0 aliphatic carbocycles. The summed E-state index contributed by atoms with van der Waals surface area (Å²) in [5, 5.41) is 2.92. The van der Waals surface area contributed by atoms with Gasteiger partial charge in [0.25, 0.3) is 0 Å². The molecule has 1 atom stereocenters. The van der Waals surface area contributed by atoms with Crippen LogP contribution in [0, 0.1) is 0 Å². The topological polar surface area (TPSA) is 91.3 Å². The third-order valence-corrected chi connectivity index (χ3v) is 8.25. The first kappa shape index (κ1) is 26.9. The number of benzene rings is 3. The van der Waals surface area contributed by atoms with Crippen LogP contribution in [0.2, 0.25) is 0 Å². The summed E-state index contributed by atoms with van der Waals surface area (Å²) in [4.78, 5) is 47.8. The Hall–Kier alpha value is -4.30. The average molecular weight is 551 g/mol. The molecule has 6 rings (SSSR count). The molecule has 0 radical (unpaired) electrons. The number of aliphatic imine (C=N–C) groups is 1. The molecule has 1 unspecified atom stereocenters. The maximum atomic E-state index is 13.3. The summed E-state index contributed by atoms with van der Waals surface area (Å²) in [7, 11) is 1.33. The van der Waals surface area contributed by atoms with Crippen molar-refractivity contribution in [3.8, 4) is 0 Å². The molecular weight excluding hydrogens is 516 g/mol. The number of methoxy groups -OCH3 is 1. The number of hydrogen-bond acceptors (Lipinski definition) is 6. The van der Waals surface area contributed by atoms with Crippen LogP contribution in [-0.4, -0.2) is 61.7 Å². The van der Waals surface area contributed by atoms with E-state index in [0.717, 1.165) is 54.1 Å². The van der Waals surface area contributed by atoms with Gasteiger partial charge in [0.2, 0.25) is 11.8 Å². The first-order chi connectivity index (χ1) is 20.0. The van der Waals surface area contributed by atoms with E-state index >= 15 is 0 Å². The van der Waals surface area contributed by atoms with Crippen molar-refractivity contribution in [3.05, 3.63) is 89.0 Å². The number of ether oxygens (including phenoxy) is 1. The number of nitrogens with zero attached hydrogens (tertiary/aromatic N) is 3. The molecule has 1 N–H and O–H groups in total. The molecule has 3 aromatic carbocycles. The SMILES string of the molecule is COC(=O)c1ccc2c(c1)NC(=O)C2C(=Nc1ccc2c(c1)CCN2C(=O)CCN1CCCCC1)c1ccccc1. The Morgan fingerprint density at radius 3 is 2.54 bits per heavy atom. The molecule has 3 heterocycles. The second-order valence-electron chi connectivity index (χ2n) is 10.8. The number of carbonyl (C=O) groups excluding carboxylic acids is 3. The van der Waals surface area contributed by atoms with Crippen molar-refractivity contribution in [2.75, 3.05) is 43.5 Å². The van der Waals surface area contributed by atoms with Gasteiger partial charge in [0.1, 0.15) is 5.92 Å². The fourth-order valence-corrected chi connectivity index (χ4v) is 6.11. The first-order valence-corrected chi connectivity index (χ1v) is 14.3. The second-order valence-corrected chi connectivity index (χ2v) is 10.8. The lowest BCUT2D eigenvalue weighted by molar-refractivity contribution is -0.119. The Morgan fingerprint density at radius 2 is 1.76 bits per heavy atom. The van der Waals surface area contributed by atoms with Crippen LogP contribution < -0.4 is 10.2 Å². The van der Waals surface area contributed by atoms with Crippen LogP contribution in [-0.2, 0) is 20.7 Å². The Morgan fingerprint density at radius 1 is 0.951 bits per heavy atom. The van der Waals surface area contributed by atoms with E-state index in [1.54, 1.807) is 18.2 Å². The van der Waals surface area contributed by atoms with Crippen LogP contribution >= 0.6 is 0 Å². The van der Waals surface area contributed by atoms with Crippen molar-refractivity contribution >= 4 is 40.6 Å². The standard InChI is InChI=1S/C33H34N4O4/c1-41-33(40)24-10-12-26-27(21-24)35-32(39)30(26)31(22-8-4-2-5-9-22)34-25-11-13-28-23(20-25)14-19-37(28)29(38)15-18-36-16-6-3-7-17-36/h2,4-5,8-13,20-21,30H,3,6-7,14-19H2,1H3,(H,35,39). The summed E-state index contributed by atoms with van der Waals surface area (Å²) in [6.45, 7) is 3.67. The average Bonchev–Trinajstić information content (AvgIpc) is 3.58. The van der Waals surface area contributed by atoms with Gasteiger partial charge in [-0.15, -0.1) is 0 Å². The number of carbonyl (C=O) groups is 3. The highest BCUT2D eigenvalue weighted by atomic mass is 16.5. The van der Waals surface area contributed by atoms with Crippen LogP contribution in [0.4, 0.5) is 17.1 Å². The van der Waals surface area contributed by atoms with E-state index in [1.807, 2.05) is 53.4 Å². The van der Waals surface area contributed by atoms with E-state index in [1.165, 1.54) is 26.4 Å². The molecule has 8 heteroatoms. The highest BCUT2D eigenvalue weighted by molar-refractivity contribution is 6.24. The van der Waals surface area contributed by atoms with Crippen LogP contribution in [0.5, 0.6) is 0 Å². The Labute approximate surface area is 240 Å². The van der Waals surface area contributed by atoms with Crippen LogP contribution in [0.15, 0.2) is 71.7 Å². The third-order valence-electron chi connectivity index (χ3n) is 8.25. The molecule has 210 valence electrons. The van der Waals surface area contributed by atoms with Gasteiger partial charge in [-0.05, 0) is 79.4 Å². The van der Waals surface area contributed by atoms with Gasteiger partial charge in [-0.3, -0.25) is 14.6 Å². The predicted molar refractivity (Wildman–Crippen MR) is 159 cm³/mol. The molecule has 1 saturated heterocycles. The first-order valence-electron chi connectivity index (χ1n) is 14.3. The fourth-order valence-electron chi connectivity index (χ4n) is 6.11. The minimum Gasteiger partial charge on any atom is -0.465 e. The lowest BCUT2D eigenvalue weighted by Crippen LogP contribution is -2.35. The van der Waals surface area contributed by atoms with Gasteiger partial charge in [-0.2, -0.15) is 0 Å². The summed E-state index contributed by atoms with van der Waals surface area (Å²) in [5.74, 6) is -1.13. The van der Waals surface area contributed by atoms with Gasteiger partial charge >= 0.3 is 5.97 Å². The molecule has 0 spiro atoms. The van der Waals surface area contributed by atoms with Crippen molar-refractivity contribution < 1.29 is 19.1 Å². The summed E-state index contributed by atoms with van der Waals surface area (Å²) < 4.78 is 4.84. The van der Waals surface area contributed by atoms with Gasteiger partial charge in [-0.1, -0.05) is 42.8 Å². The molecule has 2 amide bonds. The molecule has 3 aromatic rings. The highest BCUT2D eigenvalue weighted by Crippen LogP contribution is 2.38. The van der Waals surface area contributed by atoms with E-state index in [2.05, 4.69) is 10.2 Å². The van der Waals surface area contributed by atoms with Gasteiger partial charge in [0, 0.05) is 30.9 Å². The van der Waals surface area contributed by atoms with Gasteiger partial charge in [-0.25, -0.2) is 4.79 Å². The molecule has 3 aliphatic heterocycles. The minimum atomic E-state index is -0.639. The quantitative estimate of drug-likeness (QED) is 0.327. The Balaban J connectivity index is 1.28. The molecule has 0 saturated carbocycles. The van der Waals surface area contributed by atoms with E-state index in [4.69, 9.17) is 9.73 Å². The van der Waals surface area contributed by atoms with Crippen molar-refractivity contribution in [1.82, 2.24) is 4.90 Å². The van der Waals surface area contributed by atoms with Gasteiger partial charge < -0.3 is 19.9 Å². The van der Waals surface area contributed by atoms with Crippen molar-refractivity contribution in [1.29, 1.82) is 0 Å². The number of likely N-dealkylation sites (tertiary alicyclic amines) is 1. The number of esters is 1. The highest BCUT2D eigenvalue weighted by Gasteiger charge is 2.36. The Bertz CT molecular complexity index is 1510. The molecule has 0 aromatic heterocycles. The molecule has 3 aliphatic rings. The summed E-state index contributed by atoms with van der Waals surface area (Å²) in [6.07, 6.45) is 5.04. The molecule has 1 fully saturated rings. The van der Waals surface area contributed by atoms with E-state index in [0.29, 0.717) is 29.9 Å². The number of fused-ring (bicyclic) bond motifs is 2. The zero-order valence-electron chi connectivity index (χ0n) is 23.3. The van der Waals surface area contributed by atoms with E-state index in [9.17, 15) is 14.4 Å². The summed E-state index contributed by atoms with van der Waals surface area (Å²) >= 11 is 0. The number of piperidine rings is 1. The second kappa shape index (κ2) is 11.7. The largest absolute Gasteiger partial charge is 0.465 e. The molecule has 8 nitrogen and oxygen atoms in total. The zero-order valence-corrected chi connectivity index (χ0v) is 23.3. The van der Waals surface area contributed by atoms with Crippen molar-refractivity contribution in [2.45, 2.75) is 38.0 Å². The van der Waals surface area contributed by atoms with E-state index in [-0.39, 0.29) is 11.8 Å². The smallest absolute Gasteiger partial charge is 0.337 e. The van der Waals surface area contributed by atoms with E-state index < -0.39 is 11.9 Å². The van der Waals surface area contributed by atoms with Gasteiger partial charge in [0.05, 0.1) is 24.1 Å². The lowest BCUT2D eigenvalue weighted by Gasteiger charge is -2.27.